The Kier molecular flexibility index (Phi) is 4.79. The molecule has 1 aromatic rings. The van der Waals surface area contributed by atoms with Gasteiger partial charge in [0, 0.05) is 11.0 Å². The largest absolute Gasteiger partial charge is 0.347 e. The molecule has 0 aromatic heterocycles. The maximum atomic E-state index is 12.9. The van der Waals surface area contributed by atoms with Gasteiger partial charge in [0.05, 0.1) is 11.0 Å². The molecule has 0 bridgehead atoms. The maximum Gasteiger partial charge on any atom is 0.228 e. The minimum absolute atomic E-state index is 0.162. The minimum atomic E-state index is -0.373. The highest BCUT2D eigenvalue weighted by Crippen LogP contribution is 2.35. The summed E-state index contributed by atoms with van der Waals surface area (Å²) in [4.78, 5) is 12.9. The summed E-state index contributed by atoms with van der Waals surface area (Å²) in [6, 6.07) is 8.13. The first-order chi connectivity index (χ1) is 9.78. The van der Waals surface area contributed by atoms with Crippen molar-refractivity contribution in [2.45, 2.75) is 39.7 Å². The quantitative estimate of drug-likeness (QED) is 0.871. The second-order valence-electron chi connectivity index (χ2n) is 6.82. The first-order valence-electron chi connectivity index (χ1n) is 7.57. The van der Waals surface area contributed by atoms with Gasteiger partial charge < -0.3 is 10.6 Å². The zero-order valence-corrected chi connectivity index (χ0v) is 14.9. The number of amides is 1. The molecular formula is C17H25BrN2O. The second kappa shape index (κ2) is 6.09. The average Bonchev–Trinajstić information content (AvgIpc) is 2.89. The van der Waals surface area contributed by atoms with E-state index in [0.717, 1.165) is 29.5 Å². The van der Waals surface area contributed by atoms with E-state index in [-0.39, 0.29) is 16.9 Å². The molecule has 1 aliphatic rings. The Balaban J connectivity index is 2.19. The molecule has 21 heavy (non-hydrogen) atoms. The van der Waals surface area contributed by atoms with Crippen LogP contribution in [-0.4, -0.2) is 19.0 Å². The lowest BCUT2D eigenvalue weighted by atomic mass is 9.75. The summed E-state index contributed by atoms with van der Waals surface area (Å²) >= 11 is 3.45. The molecule has 2 rings (SSSR count). The van der Waals surface area contributed by atoms with Gasteiger partial charge in [-0.1, -0.05) is 41.9 Å². The third kappa shape index (κ3) is 3.32. The number of benzene rings is 1. The van der Waals surface area contributed by atoms with E-state index < -0.39 is 0 Å². The number of nitrogens with one attached hydrogen (secondary N) is 2. The van der Waals surface area contributed by atoms with Crippen LogP contribution in [0.25, 0.3) is 0 Å². The predicted octanol–water partition coefficient (Wildman–Crippen LogP) is 3.44. The fourth-order valence-electron chi connectivity index (χ4n) is 3.01. The number of hydrogen-bond donors (Lipinski definition) is 2. The highest BCUT2D eigenvalue weighted by Gasteiger charge is 2.45. The smallest absolute Gasteiger partial charge is 0.228 e. The Labute approximate surface area is 136 Å². The molecule has 1 aromatic carbocycles. The van der Waals surface area contributed by atoms with E-state index >= 15 is 0 Å². The average molecular weight is 353 g/mol. The van der Waals surface area contributed by atoms with Crippen LogP contribution in [0.4, 0.5) is 0 Å². The van der Waals surface area contributed by atoms with E-state index in [2.05, 4.69) is 66.4 Å². The molecule has 0 spiro atoms. The standard InChI is InChI=1S/C17H25BrN2O/c1-12(2)17(9-10-19-11-17)15(21)20-16(3,4)13-5-7-14(18)8-6-13/h5-8,12,19H,9-11H2,1-4H3,(H,20,21). The van der Waals surface area contributed by atoms with E-state index in [4.69, 9.17) is 0 Å². The monoisotopic (exact) mass is 352 g/mol. The molecule has 1 unspecified atom stereocenters. The van der Waals surface area contributed by atoms with Crippen molar-refractivity contribution >= 4 is 21.8 Å². The minimum Gasteiger partial charge on any atom is -0.347 e. The van der Waals surface area contributed by atoms with Crippen molar-refractivity contribution in [3.8, 4) is 0 Å². The lowest BCUT2D eigenvalue weighted by Crippen LogP contribution is -2.52. The topological polar surface area (TPSA) is 41.1 Å². The van der Waals surface area contributed by atoms with Crippen LogP contribution >= 0.6 is 15.9 Å². The van der Waals surface area contributed by atoms with Crippen molar-refractivity contribution in [2.24, 2.45) is 11.3 Å². The van der Waals surface area contributed by atoms with Gasteiger partial charge in [-0.05, 0) is 50.4 Å². The van der Waals surface area contributed by atoms with Crippen molar-refractivity contribution in [3.63, 3.8) is 0 Å². The summed E-state index contributed by atoms with van der Waals surface area (Å²) in [6.45, 7) is 10.1. The van der Waals surface area contributed by atoms with E-state index in [9.17, 15) is 4.79 Å². The zero-order valence-electron chi connectivity index (χ0n) is 13.3. The van der Waals surface area contributed by atoms with Crippen LogP contribution in [0, 0.1) is 11.3 Å². The Morgan fingerprint density at radius 3 is 2.43 bits per heavy atom. The van der Waals surface area contributed by atoms with Gasteiger partial charge in [-0.3, -0.25) is 4.79 Å². The van der Waals surface area contributed by atoms with Crippen LogP contribution in [0.2, 0.25) is 0 Å². The van der Waals surface area contributed by atoms with Crippen LogP contribution < -0.4 is 10.6 Å². The van der Waals surface area contributed by atoms with Crippen LogP contribution in [0.3, 0.4) is 0 Å². The molecule has 2 N–H and O–H groups in total. The van der Waals surface area contributed by atoms with Crippen LogP contribution in [0.5, 0.6) is 0 Å². The summed E-state index contributed by atoms with van der Waals surface area (Å²) in [5, 5.41) is 6.60. The third-order valence-electron chi connectivity index (χ3n) is 4.74. The van der Waals surface area contributed by atoms with Crippen molar-refractivity contribution in [1.82, 2.24) is 10.6 Å². The highest BCUT2D eigenvalue weighted by atomic mass is 79.9. The first kappa shape index (κ1) is 16.5. The van der Waals surface area contributed by atoms with Gasteiger partial charge in [0.1, 0.15) is 0 Å². The van der Waals surface area contributed by atoms with Crippen molar-refractivity contribution in [1.29, 1.82) is 0 Å². The first-order valence-corrected chi connectivity index (χ1v) is 8.37. The lowest BCUT2D eigenvalue weighted by Gasteiger charge is -2.36. The SMILES string of the molecule is CC(C)C1(C(=O)NC(C)(C)c2ccc(Br)cc2)CCNC1. The lowest BCUT2D eigenvalue weighted by molar-refractivity contribution is -0.134. The van der Waals surface area contributed by atoms with Gasteiger partial charge in [0.15, 0.2) is 0 Å². The molecule has 4 heteroatoms. The molecular weight excluding hydrogens is 328 g/mol. The number of carbonyl (C=O) groups excluding carboxylic acids is 1. The van der Waals surface area contributed by atoms with Crippen molar-refractivity contribution in [2.75, 3.05) is 13.1 Å². The van der Waals surface area contributed by atoms with Gasteiger partial charge in [-0.2, -0.15) is 0 Å². The summed E-state index contributed by atoms with van der Waals surface area (Å²) in [5.41, 5.74) is 0.457. The fraction of sp³-hybridized carbons (Fsp3) is 0.588. The van der Waals surface area contributed by atoms with Gasteiger partial charge in [-0.25, -0.2) is 0 Å². The molecule has 1 fully saturated rings. The second-order valence-corrected chi connectivity index (χ2v) is 7.74. The number of rotatable bonds is 4. The van der Waals surface area contributed by atoms with Crippen LogP contribution in [0.15, 0.2) is 28.7 Å². The summed E-state index contributed by atoms with van der Waals surface area (Å²) in [5.74, 6) is 0.489. The van der Waals surface area contributed by atoms with Crippen molar-refractivity contribution in [3.05, 3.63) is 34.3 Å². The number of hydrogen-bond acceptors (Lipinski definition) is 2. The van der Waals surface area contributed by atoms with E-state index in [0.29, 0.717) is 5.92 Å². The molecule has 116 valence electrons. The van der Waals surface area contributed by atoms with Crippen molar-refractivity contribution < 1.29 is 4.79 Å². The maximum absolute atomic E-state index is 12.9. The molecule has 3 nitrogen and oxygen atoms in total. The Hall–Kier alpha value is -0.870. The van der Waals surface area contributed by atoms with Gasteiger partial charge in [-0.15, -0.1) is 0 Å². The fourth-order valence-corrected chi connectivity index (χ4v) is 3.27. The summed E-state index contributed by atoms with van der Waals surface area (Å²) in [7, 11) is 0. The van der Waals surface area contributed by atoms with E-state index in [1.165, 1.54) is 0 Å². The summed E-state index contributed by atoms with van der Waals surface area (Å²) in [6.07, 6.45) is 0.910. The normalized spacial score (nSPS) is 22.6. The molecule has 1 amide bonds. The molecule has 0 aliphatic carbocycles. The van der Waals surface area contributed by atoms with Gasteiger partial charge >= 0.3 is 0 Å². The van der Waals surface area contributed by atoms with Gasteiger partial charge in [0.2, 0.25) is 5.91 Å². The van der Waals surface area contributed by atoms with E-state index in [1.54, 1.807) is 0 Å². The Morgan fingerprint density at radius 1 is 1.33 bits per heavy atom. The zero-order chi connectivity index (χ0) is 15.7. The van der Waals surface area contributed by atoms with Crippen LogP contribution in [0.1, 0.15) is 39.7 Å². The Bertz CT molecular complexity index is 502. The van der Waals surface area contributed by atoms with E-state index in [1.807, 2.05) is 12.1 Å². The molecule has 0 saturated carbocycles. The third-order valence-corrected chi connectivity index (χ3v) is 5.27. The highest BCUT2D eigenvalue weighted by molar-refractivity contribution is 9.10. The summed E-state index contributed by atoms with van der Waals surface area (Å²) < 4.78 is 1.05. The Morgan fingerprint density at radius 2 is 1.95 bits per heavy atom. The molecule has 0 radical (unpaired) electrons. The predicted molar refractivity (Wildman–Crippen MR) is 90.1 cm³/mol. The molecule has 1 atom stereocenters. The molecule has 1 aliphatic heterocycles. The molecule has 1 saturated heterocycles. The molecule has 1 heterocycles. The number of carbonyl (C=O) groups is 1. The van der Waals surface area contributed by atoms with Crippen LogP contribution in [-0.2, 0) is 10.3 Å². The van der Waals surface area contributed by atoms with Gasteiger partial charge in [0.25, 0.3) is 0 Å². The number of halogens is 1.